The van der Waals surface area contributed by atoms with Crippen molar-refractivity contribution >= 4 is 12.0 Å². The zero-order chi connectivity index (χ0) is 15.3. The summed E-state index contributed by atoms with van der Waals surface area (Å²) in [5, 5.41) is 8.86. The number of halogens is 3. The minimum atomic E-state index is -4.48. The lowest BCUT2D eigenvalue weighted by atomic mass is 10.1. The van der Waals surface area contributed by atoms with Crippen molar-refractivity contribution in [2.24, 2.45) is 0 Å². The molecule has 0 spiro atoms. The average Bonchev–Trinajstić information content (AvgIpc) is 2.34. The van der Waals surface area contributed by atoms with Gasteiger partial charge in [-0.05, 0) is 37.6 Å². The van der Waals surface area contributed by atoms with Gasteiger partial charge in [-0.25, -0.2) is 4.79 Å². The van der Waals surface area contributed by atoms with Crippen LogP contribution in [0.4, 0.5) is 13.2 Å². The molecule has 20 heavy (non-hydrogen) atoms. The van der Waals surface area contributed by atoms with Crippen molar-refractivity contribution in [1.29, 1.82) is 5.26 Å². The van der Waals surface area contributed by atoms with E-state index in [-0.39, 0.29) is 11.1 Å². The van der Waals surface area contributed by atoms with E-state index in [1.54, 1.807) is 19.9 Å². The molecule has 0 atom stereocenters. The molecule has 0 radical (unpaired) electrons. The number of nitrogens with zero attached hydrogens (tertiary/aromatic N) is 1. The lowest BCUT2D eigenvalue weighted by Crippen LogP contribution is -2.12. The van der Waals surface area contributed by atoms with Crippen LogP contribution in [0.1, 0.15) is 25.0 Å². The number of rotatable bonds is 3. The number of carbonyl (C=O) groups excluding carboxylic acids is 1. The van der Waals surface area contributed by atoms with Crippen LogP contribution in [0.2, 0.25) is 0 Å². The smallest absolute Gasteiger partial charge is 0.416 e. The summed E-state index contributed by atoms with van der Waals surface area (Å²) >= 11 is 0. The lowest BCUT2D eigenvalue weighted by Gasteiger charge is -2.08. The van der Waals surface area contributed by atoms with E-state index in [2.05, 4.69) is 0 Å². The van der Waals surface area contributed by atoms with Crippen LogP contribution in [-0.4, -0.2) is 12.1 Å². The standard InChI is InChI=1S/C14H12F3NO2/c1-9(2)20-13(19)11(8-18)6-10-4-3-5-12(7-10)14(15,16)17/h3-7,9H,1-2H3. The highest BCUT2D eigenvalue weighted by molar-refractivity contribution is 5.97. The van der Waals surface area contributed by atoms with Crippen LogP contribution in [0, 0.1) is 11.3 Å². The van der Waals surface area contributed by atoms with Gasteiger partial charge in [-0.15, -0.1) is 0 Å². The highest BCUT2D eigenvalue weighted by atomic mass is 19.4. The molecule has 1 aromatic carbocycles. The van der Waals surface area contributed by atoms with E-state index in [0.717, 1.165) is 18.2 Å². The van der Waals surface area contributed by atoms with Crippen molar-refractivity contribution in [2.45, 2.75) is 26.1 Å². The first-order chi connectivity index (χ1) is 9.24. The van der Waals surface area contributed by atoms with Crippen LogP contribution in [0.15, 0.2) is 29.8 Å². The number of hydrogen-bond donors (Lipinski definition) is 0. The predicted molar refractivity (Wildman–Crippen MR) is 66.3 cm³/mol. The van der Waals surface area contributed by atoms with E-state index in [4.69, 9.17) is 10.00 Å². The molecule has 1 aromatic rings. The van der Waals surface area contributed by atoms with E-state index in [1.807, 2.05) is 0 Å². The molecule has 0 aromatic heterocycles. The van der Waals surface area contributed by atoms with Gasteiger partial charge in [0.2, 0.25) is 0 Å². The van der Waals surface area contributed by atoms with Crippen LogP contribution in [0.25, 0.3) is 6.08 Å². The highest BCUT2D eigenvalue weighted by Crippen LogP contribution is 2.29. The van der Waals surface area contributed by atoms with Crippen LogP contribution in [-0.2, 0) is 15.7 Å². The maximum Gasteiger partial charge on any atom is 0.416 e. The number of benzene rings is 1. The Morgan fingerprint density at radius 2 is 2.05 bits per heavy atom. The first kappa shape index (κ1) is 15.8. The van der Waals surface area contributed by atoms with Crippen LogP contribution >= 0.6 is 0 Å². The average molecular weight is 283 g/mol. The fourth-order valence-electron chi connectivity index (χ4n) is 1.39. The monoisotopic (exact) mass is 283 g/mol. The molecule has 0 fully saturated rings. The maximum atomic E-state index is 12.5. The third kappa shape index (κ3) is 4.43. The molecule has 0 bridgehead atoms. The number of hydrogen-bond acceptors (Lipinski definition) is 3. The summed E-state index contributed by atoms with van der Waals surface area (Å²) in [6, 6.07) is 5.97. The minimum Gasteiger partial charge on any atom is -0.459 e. The zero-order valence-corrected chi connectivity index (χ0v) is 10.9. The third-order valence-corrected chi connectivity index (χ3v) is 2.21. The lowest BCUT2D eigenvalue weighted by molar-refractivity contribution is -0.142. The first-order valence-electron chi connectivity index (χ1n) is 5.74. The number of carbonyl (C=O) groups is 1. The van der Waals surface area contributed by atoms with Gasteiger partial charge in [-0.3, -0.25) is 0 Å². The topological polar surface area (TPSA) is 50.1 Å². The number of nitriles is 1. The summed E-state index contributed by atoms with van der Waals surface area (Å²) in [7, 11) is 0. The maximum absolute atomic E-state index is 12.5. The van der Waals surface area contributed by atoms with Gasteiger partial charge in [0.05, 0.1) is 11.7 Å². The molecule has 0 unspecified atom stereocenters. The van der Waals surface area contributed by atoms with Gasteiger partial charge < -0.3 is 4.74 Å². The van der Waals surface area contributed by atoms with Gasteiger partial charge >= 0.3 is 12.1 Å². The molecular weight excluding hydrogens is 271 g/mol. The molecule has 0 amide bonds. The van der Waals surface area contributed by atoms with Crippen molar-refractivity contribution in [3.63, 3.8) is 0 Å². The Labute approximate surface area is 114 Å². The molecule has 1 rings (SSSR count). The second-order valence-corrected chi connectivity index (χ2v) is 4.25. The predicted octanol–water partition coefficient (Wildman–Crippen LogP) is 3.56. The van der Waals surface area contributed by atoms with Gasteiger partial charge in [0, 0.05) is 0 Å². The third-order valence-electron chi connectivity index (χ3n) is 2.21. The highest BCUT2D eigenvalue weighted by Gasteiger charge is 2.30. The molecule has 106 valence electrons. The Bertz CT molecular complexity index is 569. The fourth-order valence-corrected chi connectivity index (χ4v) is 1.39. The number of esters is 1. The molecule has 6 heteroatoms. The van der Waals surface area contributed by atoms with Gasteiger partial charge in [-0.1, -0.05) is 12.1 Å². The first-order valence-corrected chi connectivity index (χ1v) is 5.74. The van der Waals surface area contributed by atoms with Gasteiger partial charge in [0.25, 0.3) is 0 Å². The van der Waals surface area contributed by atoms with E-state index < -0.39 is 23.8 Å². The summed E-state index contributed by atoms with van der Waals surface area (Å²) in [5.41, 5.74) is -1.09. The van der Waals surface area contributed by atoms with E-state index in [1.165, 1.54) is 12.1 Å². The molecular formula is C14H12F3NO2. The molecule has 0 aliphatic heterocycles. The van der Waals surface area contributed by atoms with Crippen molar-refractivity contribution in [3.8, 4) is 6.07 Å². The van der Waals surface area contributed by atoms with Crippen molar-refractivity contribution in [3.05, 3.63) is 41.0 Å². The minimum absolute atomic E-state index is 0.108. The Hall–Kier alpha value is -2.29. The number of alkyl halides is 3. The summed E-state index contributed by atoms with van der Waals surface area (Å²) in [6.07, 6.45) is -3.82. The summed E-state index contributed by atoms with van der Waals surface area (Å²) in [6.45, 7) is 3.22. The summed E-state index contributed by atoms with van der Waals surface area (Å²) < 4.78 is 42.4. The Morgan fingerprint density at radius 3 is 2.55 bits per heavy atom. The van der Waals surface area contributed by atoms with Crippen LogP contribution in [0.5, 0.6) is 0 Å². The molecule has 0 saturated carbocycles. The van der Waals surface area contributed by atoms with Crippen molar-refractivity contribution in [1.82, 2.24) is 0 Å². The normalized spacial score (nSPS) is 12.2. The Balaban J connectivity index is 3.09. The van der Waals surface area contributed by atoms with Gasteiger partial charge in [0.15, 0.2) is 0 Å². The Kier molecular flexibility index (Phi) is 4.92. The summed E-state index contributed by atoms with van der Waals surface area (Å²) in [5.74, 6) is -0.861. The van der Waals surface area contributed by atoms with E-state index >= 15 is 0 Å². The second kappa shape index (κ2) is 6.24. The largest absolute Gasteiger partial charge is 0.459 e. The quantitative estimate of drug-likeness (QED) is 0.484. The van der Waals surface area contributed by atoms with Gasteiger partial charge in [0.1, 0.15) is 11.6 Å². The zero-order valence-electron chi connectivity index (χ0n) is 10.9. The molecule has 0 N–H and O–H groups in total. The molecule has 0 heterocycles. The van der Waals surface area contributed by atoms with Crippen molar-refractivity contribution in [2.75, 3.05) is 0 Å². The second-order valence-electron chi connectivity index (χ2n) is 4.25. The molecule has 0 saturated heterocycles. The molecule has 0 aliphatic carbocycles. The SMILES string of the molecule is CC(C)OC(=O)C(C#N)=Cc1cccc(C(F)(F)F)c1. The van der Waals surface area contributed by atoms with E-state index in [0.29, 0.717) is 0 Å². The van der Waals surface area contributed by atoms with Gasteiger partial charge in [-0.2, -0.15) is 18.4 Å². The van der Waals surface area contributed by atoms with Crippen molar-refractivity contribution < 1.29 is 22.7 Å². The van der Waals surface area contributed by atoms with E-state index in [9.17, 15) is 18.0 Å². The van der Waals surface area contributed by atoms with Crippen LogP contribution < -0.4 is 0 Å². The molecule has 3 nitrogen and oxygen atoms in total. The summed E-state index contributed by atoms with van der Waals surface area (Å²) in [4.78, 5) is 11.5. The van der Waals surface area contributed by atoms with Crippen LogP contribution in [0.3, 0.4) is 0 Å². The fraction of sp³-hybridized carbons (Fsp3) is 0.286. The Morgan fingerprint density at radius 1 is 1.40 bits per heavy atom. The number of ether oxygens (including phenoxy) is 1. The molecule has 0 aliphatic rings.